The average molecular weight is 473 g/mol. The molecular weight excluding hydrogens is 452 g/mol. The number of hydrogen-bond donors (Lipinski definition) is 3. The van der Waals surface area contributed by atoms with Crippen molar-refractivity contribution in [1.29, 1.82) is 0 Å². The first-order valence-electron chi connectivity index (χ1n) is 10.2. The Labute approximate surface area is 199 Å². The summed E-state index contributed by atoms with van der Waals surface area (Å²) in [6.45, 7) is 0. The van der Waals surface area contributed by atoms with Gasteiger partial charge in [0.15, 0.2) is 0 Å². The third kappa shape index (κ3) is 5.45. The van der Waals surface area contributed by atoms with Gasteiger partial charge in [-0.15, -0.1) is 11.3 Å². The second-order valence-electron chi connectivity index (χ2n) is 7.08. The molecule has 2 aromatic heterocycles. The molecule has 3 N–H and O–H groups in total. The normalized spacial score (nSPS) is 10.3. The topological polar surface area (TPSA) is 109 Å². The highest BCUT2D eigenvalue weighted by Gasteiger charge is 2.13. The van der Waals surface area contributed by atoms with Gasteiger partial charge in [0.1, 0.15) is 5.75 Å². The number of nitrogens with one attached hydrogen (secondary N) is 3. The average Bonchev–Trinajstić information content (AvgIpc) is 3.41. The van der Waals surface area contributed by atoms with Gasteiger partial charge < -0.3 is 20.7 Å². The molecule has 8 nitrogen and oxygen atoms in total. The van der Waals surface area contributed by atoms with Gasteiger partial charge in [0.2, 0.25) is 0 Å². The number of aromatic nitrogens is 1. The molecule has 0 spiro atoms. The molecule has 9 heteroatoms. The predicted molar refractivity (Wildman–Crippen MR) is 132 cm³/mol. The minimum absolute atomic E-state index is 0.235. The number of carbonyl (C=O) groups excluding carboxylic acids is 3. The molecule has 0 bridgehead atoms. The molecule has 0 aliphatic heterocycles. The number of thiophene rings is 1. The van der Waals surface area contributed by atoms with Crippen LogP contribution in [0.3, 0.4) is 0 Å². The van der Waals surface area contributed by atoms with Gasteiger partial charge in [-0.05, 0) is 53.9 Å². The standard InChI is InChI=1S/C25H20N4O4S/c1-33-21-14-19(9-10-20(21)29-24(31)17-6-3-11-26-15-17)27-23(30)16-5-2-7-18(13-16)28-25(32)22-8-4-12-34-22/h2-15H,1H3,(H,27,30)(H,28,32)(H,29,31). The van der Waals surface area contributed by atoms with Crippen molar-refractivity contribution in [2.45, 2.75) is 0 Å². The third-order valence-corrected chi connectivity index (χ3v) is 5.63. The number of carbonyl (C=O) groups is 3. The maximum atomic E-state index is 12.8. The summed E-state index contributed by atoms with van der Waals surface area (Å²) >= 11 is 1.34. The van der Waals surface area contributed by atoms with Gasteiger partial charge >= 0.3 is 0 Å². The molecule has 0 unspecified atom stereocenters. The van der Waals surface area contributed by atoms with Crippen LogP contribution in [0.15, 0.2) is 84.5 Å². The largest absolute Gasteiger partial charge is 0.494 e. The molecule has 3 amide bonds. The molecule has 2 heterocycles. The molecule has 0 fully saturated rings. The van der Waals surface area contributed by atoms with Gasteiger partial charge in [-0.3, -0.25) is 19.4 Å². The molecule has 170 valence electrons. The maximum absolute atomic E-state index is 12.8. The van der Waals surface area contributed by atoms with Crippen LogP contribution in [-0.4, -0.2) is 29.8 Å². The van der Waals surface area contributed by atoms with E-state index in [1.54, 1.807) is 72.9 Å². The highest BCUT2D eigenvalue weighted by molar-refractivity contribution is 7.12. The number of pyridine rings is 1. The molecule has 0 saturated carbocycles. The van der Waals surface area contributed by atoms with Crippen molar-refractivity contribution in [1.82, 2.24) is 4.98 Å². The predicted octanol–water partition coefficient (Wildman–Crippen LogP) is 4.91. The van der Waals surface area contributed by atoms with Crippen LogP contribution in [0.1, 0.15) is 30.4 Å². The first-order valence-corrected chi connectivity index (χ1v) is 11.1. The van der Waals surface area contributed by atoms with Crippen LogP contribution in [0, 0.1) is 0 Å². The molecular formula is C25H20N4O4S. The summed E-state index contributed by atoms with van der Waals surface area (Å²) in [5.74, 6) is -0.542. The van der Waals surface area contributed by atoms with Crippen molar-refractivity contribution in [2.75, 3.05) is 23.1 Å². The van der Waals surface area contributed by atoms with E-state index >= 15 is 0 Å². The Balaban J connectivity index is 1.44. The monoisotopic (exact) mass is 472 g/mol. The van der Waals surface area contributed by atoms with E-state index in [9.17, 15) is 14.4 Å². The van der Waals surface area contributed by atoms with Crippen LogP contribution in [0.25, 0.3) is 0 Å². The molecule has 0 radical (unpaired) electrons. The SMILES string of the molecule is COc1cc(NC(=O)c2cccc(NC(=O)c3cccs3)c2)ccc1NC(=O)c1cccnc1. The summed E-state index contributed by atoms with van der Waals surface area (Å²) in [5.41, 5.74) is 2.23. The smallest absolute Gasteiger partial charge is 0.265 e. The number of nitrogens with zero attached hydrogens (tertiary/aromatic N) is 1. The summed E-state index contributed by atoms with van der Waals surface area (Å²) in [5, 5.41) is 10.2. The second-order valence-corrected chi connectivity index (χ2v) is 8.02. The van der Waals surface area contributed by atoms with Crippen molar-refractivity contribution in [2.24, 2.45) is 0 Å². The molecule has 34 heavy (non-hydrogen) atoms. The first kappa shape index (κ1) is 22.7. The second kappa shape index (κ2) is 10.4. The van der Waals surface area contributed by atoms with Crippen molar-refractivity contribution in [3.8, 4) is 5.75 Å². The van der Waals surface area contributed by atoms with E-state index in [4.69, 9.17) is 4.74 Å². The minimum Gasteiger partial charge on any atom is -0.494 e. The summed E-state index contributed by atoms with van der Waals surface area (Å²) in [7, 11) is 1.47. The zero-order chi connectivity index (χ0) is 23.9. The van der Waals surface area contributed by atoms with Crippen molar-refractivity contribution in [3.05, 3.63) is 101 Å². The number of anilines is 3. The molecule has 4 rings (SSSR count). The quantitative estimate of drug-likeness (QED) is 0.354. The minimum atomic E-state index is -0.360. The fourth-order valence-electron chi connectivity index (χ4n) is 3.11. The highest BCUT2D eigenvalue weighted by atomic mass is 32.1. The highest BCUT2D eigenvalue weighted by Crippen LogP contribution is 2.29. The maximum Gasteiger partial charge on any atom is 0.265 e. The van der Waals surface area contributed by atoms with Crippen LogP contribution in [-0.2, 0) is 0 Å². The number of methoxy groups -OCH3 is 1. The van der Waals surface area contributed by atoms with E-state index < -0.39 is 0 Å². The zero-order valence-corrected chi connectivity index (χ0v) is 18.9. The Morgan fingerprint density at radius 3 is 2.29 bits per heavy atom. The first-order chi connectivity index (χ1) is 16.5. The molecule has 2 aromatic carbocycles. The fraction of sp³-hybridized carbons (Fsp3) is 0.0400. The summed E-state index contributed by atoms with van der Waals surface area (Å²) in [6.07, 6.45) is 3.05. The number of ether oxygens (including phenoxy) is 1. The van der Waals surface area contributed by atoms with Gasteiger partial charge in [0.25, 0.3) is 17.7 Å². The van der Waals surface area contributed by atoms with E-state index in [0.717, 1.165) is 0 Å². The van der Waals surface area contributed by atoms with Crippen molar-refractivity contribution < 1.29 is 19.1 Å². The van der Waals surface area contributed by atoms with E-state index in [2.05, 4.69) is 20.9 Å². The van der Waals surface area contributed by atoms with E-state index in [0.29, 0.717) is 38.8 Å². The number of hydrogen-bond acceptors (Lipinski definition) is 6. The molecule has 0 saturated heterocycles. The van der Waals surface area contributed by atoms with Crippen LogP contribution in [0.2, 0.25) is 0 Å². The molecule has 0 aliphatic carbocycles. The number of benzene rings is 2. The van der Waals surface area contributed by atoms with Gasteiger partial charge in [-0.25, -0.2) is 0 Å². The van der Waals surface area contributed by atoms with Crippen molar-refractivity contribution in [3.63, 3.8) is 0 Å². The van der Waals surface area contributed by atoms with Crippen LogP contribution < -0.4 is 20.7 Å². The lowest BCUT2D eigenvalue weighted by Crippen LogP contribution is -2.15. The summed E-state index contributed by atoms with van der Waals surface area (Å²) < 4.78 is 5.38. The van der Waals surface area contributed by atoms with Crippen LogP contribution >= 0.6 is 11.3 Å². The van der Waals surface area contributed by atoms with Gasteiger partial charge in [0, 0.05) is 35.4 Å². The number of rotatable bonds is 7. The third-order valence-electron chi connectivity index (χ3n) is 4.76. The van der Waals surface area contributed by atoms with Gasteiger partial charge in [0.05, 0.1) is 23.2 Å². The van der Waals surface area contributed by atoms with E-state index in [1.807, 2.05) is 5.38 Å². The lowest BCUT2D eigenvalue weighted by molar-refractivity contribution is 0.101. The Morgan fingerprint density at radius 1 is 0.794 bits per heavy atom. The fourth-order valence-corrected chi connectivity index (χ4v) is 3.72. The zero-order valence-electron chi connectivity index (χ0n) is 18.1. The van der Waals surface area contributed by atoms with Crippen LogP contribution in [0.5, 0.6) is 5.75 Å². The molecule has 0 atom stereocenters. The lowest BCUT2D eigenvalue weighted by atomic mass is 10.1. The lowest BCUT2D eigenvalue weighted by Gasteiger charge is -2.13. The van der Waals surface area contributed by atoms with Gasteiger partial charge in [-0.1, -0.05) is 12.1 Å². The summed E-state index contributed by atoms with van der Waals surface area (Å²) in [6, 6.07) is 18.4. The van der Waals surface area contributed by atoms with Crippen molar-refractivity contribution >= 4 is 46.1 Å². The Kier molecular flexibility index (Phi) is 6.95. The van der Waals surface area contributed by atoms with E-state index in [1.165, 1.54) is 24.6 Å². The number of amides is 3. The Hall–Kier alpha value is -4.50. The van der Waals surface area contributed by atoms with E-state index in [-0.39, 0.29) is 17.7 Å². The molecule has 0 aliphatic rings. The molecule has 4 aromatic rings. The Morgan fingerprint density at radius 2 is 1.56 bits per heavy atom. The Bertz CT molecular complexity index is 1320. The summed E-state index contributed by atoms with van der Waals surface area (Å²) in [4.78, 5) is 42.0. The van der Waals surface area contributed by atoms with Gasteiger partial charge in [-0.2, -0.15) is 0 Å². The van der Waals surface area contributed by atoms with Crippen LogP contribution in [0.4, 0.5) is 17.1 Å².